The number of unbranched alkanes of at least 4 members (excludes halogenated alkanes) is 1. The first-order chi connectivity index (χ1) is 7.78. The lowest BCUT2D eigenvalue weighted by molar-refractivity contribution is -0.739. The first-order valence-corrected chi connectivity index (χ1v) is 7.89. The van der Waals surface area contributed by atoms with Gasteiger partial charge in [-0.3, -0.25) is 0 Å². The predicted octanol–water partition coefficient (Wildman–Crippen LogP) is -3.23. The summed E-state index contributed by atoms with van der Waals surface area (Å²) < 4.78 is 22.9. The Morgan fingerprint density at radius 2 is 2.11 bits per heavy atom. The molecule has 18 heavy (non-hydrogen) atoms. The molecule has 2 unspecified atom stereocenters. The second-order valence-corrected chi connectivity index (χ2v) is 7.43. The van der Waals surface area contributed by atoms with E-state index in [0.29, 0.717) is 12.8 Å². The van der Waals surface area contributed by atoms with Crippen molar-refractivity contribution in [1.29, 1.82) is 0 Å². The molecule has 1 heterocycles. The fourth-order valence-electron chi connectivity index (χ4n) is 2.35. The van der Waals surface area contributed by atoms with Crippen LogP contribution in [0.25, 0.3) is 0 Å². The van der Waals surface area contributed by atoms with Crippen LogP contribution in [-0.2, 0) is 14.6 Å². The van der Waals surface area contributed by atoms with Gasteiger partial charge >= 0.3 is 5.97 Å². The minimum atomic E-state index is -2.97. The van der Waals surface area contributed by atoms with Crippen LogP contribution >= 0.6 is 0 Å². The highest BCUT2D eigenvalue weighted by Gasteiger charge is 2.44. The van der Waals surface area contributed by atoms with Crippen molar-refractivity contribution >= 4 is 15.8 Å². The smallest absolute Gasteiger partial charge is 0.362 e. The third-order valence-corrected chi connectivity index (χ3v) is 5.25. The van der Waals surface area contributed by atoms with Gasteiger partial charge in [0, 0.05) is 12.8 Å². The number of carboxylic acids is 1. The molecule has 1 saturated heterocycles. The molecule has 0 radical (unpaired) electrons. The lowest BCUT2D eigenvalue weighted by atomic mass is 9.99. The molecule has 1 aliphatic heterocycles. The highest BCUT2D eigenvalue weighted by molar-refractivity contribution is 7.91. The highest BCUT2D eigenvalue weighted by atomic mass is 35.5. The molecule has 0 bridgehead atoms. The predicted molar refractivity (Wildman–Crippen MR) is 64.6 cm³/mol. The van der Waals surface area contributed by atoms with E-state index in [4.69, 9.17) is 5.11 Å². The van der Waals surface area contributed by atoms with Crippen LogP contribution in [0.2, 0.25) is 0 Å². The van der Waals surface area contributed by atoms with Gasteiger partial charge in [-0.2, -0.15) is 0 Å². The van der Waals surface area contributed by atoms with Gasteiger partial charge in [0.2, 0.25) is 0 Å². The maximum absolute atomic E-state index is 11.4. The summed E-state index contributed by atoms with van der Waals surface area (Å²) >= 11 is 0. The van der Waals surface area contributed by atoms with Crippen molar-refractivity contribution in [2.24, 2.45) is 0 Å². The van der Waals surface area contributed by atoms with Gasteiger partial charge in [0.15, 0.2) is 15.9 Å². The second-order valence-electron chi connectivity index (χ2n) is 5.25. The summed E-state index contributed by atoms with van der Waals surface area (Å²) in [4.78, 5) is 11.1. The van der Waals surface area contributed by atoms with Gasteiger partial charge in [0.25, 0.3) is 0 Å². The molecule has 1 fully saturated rings. The van der Waals surface area contributed by atoms with Crippen LogP contribution in [0.4, 0.5) is 0 Å². The highest BCUT2D eigenvalue weighted by Crippen LogP contribution is 2.19. The summed E-state index contributed by atoms with van der Waals surface area (Å²) in [6.07, 6.45) is 2.95. The standard InChI is InChI=1S/C11H21NO4S.ClH/c1-3-4-5-9(10(13)14)12-11(2)6-7-17(15,16)8-11;/h9,12H,3-8H2,1-2H3,(H,13,14);1H. The van der Waals surface area contributed by atoms with Gasteiger partial charge in [0.05, 0.1) is 5.75 Å². The van der Waals surface area contributed by atoms with E-state index in [2.05, 4.69) is 0 Å². The average Bonchev–Trinajstić information content (AvgIpc) is 2.47. The quantitative estimate of drug-likeness (QED) is 0.540. The normalized spacial score (nSPS) is 27.4. The number of aliphatic carboxylic acids is 1. The first-order valence-electron chi connectivity index (χ1n) is 6.07. The summed E-state index contributed by atoms with van der Waals surface area (Å²) in [6, 6.07) is -0.520. The Balaban J connectivity index is 0.00000289. The second kappa shape index (κ2) is 6.73. The van der Waals surface area contributed by atoms with Crippen LogP contribution in [0.3, 0.4) is 0 Å². The number of carbonyl (C=O) groups is 1. The molecule has 0 aromatic carbocycles. The first kappa shape index (κ1) is 17.7. The summed E-state index contributed by atoms with van der Waals surface area (Å²) in [6.45, 7) is 3.86. The van der Waals surface area contributed by atoms with E-state index in [0.717, 1.165) is 12.8 Å². The Hall–Kier alpha value is -0.330. The van der Waals surface area contributed by atoms with Crippen LogP contribution in [-0.4, -0.2) is 42.6 Å². The molecule has 0 spiro atoms. The summed E-state index contributed by atoms with van der Waals surface area (Å²) in [5, 5.41) is 10.9. The van der Waals surface area contributed by atoms with E-state index in [9.17, 15) is 13.2 Å². The molecule has 5 nitrogen and oxygen atoms in total. The van der Waals surface area contributed by atoms with Crippen molar-refractivity contribution in [3.63, 3.8) is 0 Å². The Labute approximate surface area is 115 Å². The number of nitrogens with two attached hydrogens (primary N) is 1. The Bertz CT molecular complexity index is 385. The van der Waals surface area contributed by atoms with Crippen LogP contribution in [0.5, 0.6) is 0 Å². The van der Waals surface area contributed by atoms with E-state index in [-0.39, 0.29) is 23.9 Å². The van der Waals surface area contributed by atoms with E-state index in [1.807, 2.05) is 13.8 Å². The molecule has 0 saturated carbocycles. The van der Waals surface area contributed by atoms with Crippen molar-refractivity contribution in [2.45, 2.75) is 51.1 Å². The molecule has 3 N–H and O–H groups in total. The molecule has 0 aromatic rings. The monoisotopic (exact) mass is 299 g/mol. The lowest BCUT2D eigenvalue weighted by Crippen LogP contribution is -3.02. The molecule has 1 rings (SSSR count). The third kappa shape index (κ3) is 5.12. The fraction of sp³-hybridized carbons (Fsp3) is 0.909. The van der Waals surface area contributed by atoms with Gasteiger partial charge in [-0.05, 0) is 13.3 Å². The minimum absolute atomic E-state index is 0. The molecule has 0 amide bonds. The average molecular weight is 300 g/mol. The topological polar surface area (TPSA) is 88.0 Å². The molecule has 7 heteroatoms. The van der Waals surface area contributed by atoms with E-state index in [1.165, 1.54) is 0 Å². The van der Waals surface area contributed by atoms with Crippen LogP contribution < -0.4 is 17.7 Å². The Morgan fingerprint density at radius 3 is 2.50 bits per heavy atom. The van der Waals surface area contributed by atoms with Crippen molar-refractivity contribution < 1.29 is 36.0 Å². The largest absolute Gasteiger partial charge is 1.00 e. The van der Waals surface area contributed by atoms with Gasteiger partial charge in [-0.15, -0.1) is 0 Å². The Kier molecular flexibility index (Phi) is 6.60. The number of carboxylic acid groups (broad SMARTS) is 1. The van der Waals surface area contributed by atoms with Gasteiger partial charge in [0.1, 0.15) is 11.3 Å². The zero-order valence-corrected chi connectivity index (χ0v) is 12.4. The zero-order valence-electron chi connectivity index (χ0n) is 10.9. The summed E-state index contributed by atoms with van der Waals surface area (Å²) in [7, 11) is -2.97. The molecular formula is C11H22ClNO4S. The molecule has 2 atom stereocenters. The zero-order chi connectivity index (χ0) is 13.1. The number of rotatable bonds is 6. The molecule has 1 aliphatic rings. The Morgan fingerprint density at radius 1 is 1.50 bits per heavy atom. The SMILES string of the molecule is CCCCC([NH2+]C1(C)CCS(=O)(=O)C1)C(=O)O.[Cl-]. The van der Waals surface area contributed by atoms with Crippen molar-refractivity contribution in [2.75, 3.05) is 11.5 Å². The maximum Gasteiger partial charge on any atom is 0.362 e. The van der Waals surface area contributed by atoms with Crippen LogP contribution in [0, 0.1) is 0 Å². The molecule has 0 aliphatic carbocycles. The van der Waals surface area contributed by atoms with E-state index >= 15 is 0 Å². The fourth-order valence-corrected chi connectivity index (χ4v) is 4.52. The third-order valence-electron chi connectivity index (χ3n) is 3.32. The lowest BCUT2D eigenvalue weighted by Gasteiger charge is -2.24. The van der Waals surface area contributed by atoms with Crippen molar-refractivity contribution in [3.8, 4) is 0 Å². The van der Waals surface area contributed by atoms with Crippen molar-refractivity contribution in [1.82, 2.24) is 0 Å². The van der Waals surface area contributed by atoms with Gasteiger partial charge < -0.3 is 22.8 Å². The summed E-state index contributed by atoms with van der Waals surface area (Å²) in [5.74, 6) is -0.570. The number of halogens is 1. The number of hydrogen-bond acceptors (Lipinski definition) is 3. The van der Waals surface area contributed by atoms with E-state index < -0.39 is 27.4 Å². The maximum atomic E-state index is 11.4. The molecular weight excluding hydrogens is 278 g/mol. The number of quaternary nitrogens is 1. The van der Waals surface area contributed by atoms with Crippen LogP contribution in [0.1, 0.15) is 39.5 Å². The van der Waals surface area contributed by atoms with Crippen molar-refractivity contribution in [3.05, 3.63) is 0 Å². The number of hydrogen-bond donors (Lipinski definition) is 2. The molecule has 108 valence electrons. The number of sulfone groups is 1. The van der Waals surface area contributed by atoms with Gasteiger partial charge in [-0.25, -0.2) is 13.2 Å². The summed E-state index contributed by atoms with van der Waals surface area (Å²) in [5.41, 5.74) is -0.463. The van der Waals surface area contributed by atoms with Crippen LogP contribution in [0.15, 0.2) is 0 Å². The minimum Gasteiger partial charge on any atom is -1.00 e. The van der Waals surface area contributed by atoms with E-state index in [1.54, 1.807) is 5.32 Å². The van der Waals surface area contributed by atoms with Gasteiger partial charge in [-0.1, -0.05) is 13.3 Å². The molecule has 0 aromatic heterocycles.